The Morgan fingerprint density at radius 1 is 1.50 bits per heavy atom. The van der Waals surface area contributed by atoms with Gasteiger partial charge in [0.15, 0.2) is 0 Å². The van der Waals surface area contributed by atoms with Gasteiger partial charge in [0.2, 0.25) is 0 Å². The van der Waals surface area contributed by atoms with Crippen molar-refractivity contribution >= 4 is 17.5 Å². The molecule has 4 heteroatoms. The maximum absolute atomic E-state index is 12.5. The molecule has 0 spiro atoms. The summed E-state index contributed by atoms with van der Waals surface area (Å²) in [5, 5.41) is 0. The van der Waals surface area contributed by atoms with Gasteiger partial charge in [0.05, 0.1) is 0 Å². The molecule has 18 heavy (non-hydrogen) atoms. The van der Waals surface area contributed by atoms with Crippen LogP contribution in [0.4, 0.5) is 0 Å². The van der Waals surface area contributed by atoms with E-state index in [1.54, 1.807) is 6.07 Å². The van der Waals surface area contributed by atoms with Crippen molar-refractivity contribution in [2.45, 2.75) is 38.6 Å². The van der Waals surface area contributed by atoms with Crippen LogP contribution in [0.2, 0.25) is 0 Å². The molecule has 98 valence electrons. The minimum absolute atomic E-state index is 0.0496. The van der Waals surface area contributed by atoms with Gasteiger partial charge in [0.1, 0.15) is 5.69 Å². The Hall–Kier alpha value is -1.09. The van der Waals surface area contributed by atoms with E-state index in [-0.39, 0.29) is 11.9 Å². The first-order chi connectivity index (χ1) is 8.72. The molecule has 1 atom stereocenters. The predicted molar refractivity (Wildman–Crippen MR) is 73.0 cm³/mol. The van der Waals surface area contributed by atoms with Crippen LogP contribution in [0.5, 0.6) is 0 Å². The molecule has 1 amide bonds. The Morgan fingerprint density at radius 3 is 3.06 bits per heavy atom. The van der Waals surface area contributed by atoms with Crippen molar-refractivity contribution < 1.29 is 4.79 Å². The highest BCUT2D eigenvalue weighted by Crippen LogP contribution is 2.22. The standard InChI is InChI=1S/C14H19ClN2O/c1-11-5-4-7-13(16-11)14(18)17-10-3-2-6-12(17)8-9-15/h4-5,7,12H,2-3,6,8-10H2,1H3. The highest BCUT2D eigenvalue weighted by molar-refractivity contribution is 6.17. The molecule has 0 aromatic carbocycles. The number of carbonyl (C=O) groups excluding carboxylic acids is 1. The minimum Gasteiger partial charge on any atom is -0.334 e. The summed E-state index contributed by atoms with van der Waals surface area (Å²) < 4.78 is 0. The molecule has 0 bridgehead atoms. The second-order valence-electron chi connectivity index (χ2n) is 4.79. The van der Waals surface area contributed by atoms with Crippen LogP contribution in [0.15, 0.2) is 18.2 Å². The summed E-state index contributed by atoms with van der Waals surface area (Å²) in [4.78, 5) is 18.7. The van der Waals surface area contributed by atoms with Gasteiger partial charge in [-0.15, -0.1) is 11.6 Å². The summed E-state index contributed by atoms with van der Waals surface area (Å²) >= 11 is 5.82. The van der Waals surface area contributed by atoms with Crippen LogP contribution in [0.25, 0.3) is 0 Å². The maximum atomic E-state index is 12.5. The number of hydrogen-bond donors (Lipinski definition) is 0. The molecule has 0 N–H and O–H groups in total. The van der Waals surface area contributed by atoms with Gasteiger partial charge >= 0.3 is 0 Å². The summed E-state index contributed by atoms with van der Waals surface area (Å²) in [7, 11) is 0. The van der Waals surface area contributed by atoms with Gasteiger partial charge in [0, 0.05) is 24.2 Å². The SMILES string of the molecule is Cc1cccc(C(=O)N2CCCCC2CCCl)n1. The Morgan fingerprint density at radius 2 is 2.33 bits per heavy atom. The number of halogens is 1. The lowest BCUT2D eigenvalue weighted by molar-refractivity contribution is 0.0603. The lowest BCUT2D eigenvalue weighted by Gasteiger charge is -2.35. The van der Waals surface area contributed by atoms with Crippen molar-refractivity contribution in [3.8, 4) is 0 Å². The van der Waals surface area contributed by atoms with Crippen LogP contribution in [-0.4, -0.2) is 34.3 Å². The van der Waals surface area contributed by atoms with E-state index in [1.165, 1.54) is 6.42 Å². The number of piperidine rings is 1. The van der Waals surface area contributed by atoms with Gasteiger partial charge < -0.3 is 4.90 Å². The third-order valence-electron chi connectivity index (χ3n) is 3.44. The third kappa shape index (κ3) is 3.02. The third-order valence-corrected chi connectivity index (χ3v) is 3.66. The lowest BCUT2D eigenvalue weighted by atomic mass is 9.99. The smallest absolute Gasteiger partial charge is 0.272 e. The van der Waals surface area contributed by atoms with Crippen LogP contribution in [0.1, 0.15) is 41.9 Å². The topological polar surface area (TPSA) is 33.2 Å². The van der Waals surface area contributed by atoms with Gasteiger partial charge in [-0.1, -0.05) is 6.07 Å². The molecule has 1 aromatic heterocycles. The molecule has 2 heterocycles. The summed E-state index contributed by atoms with van der Waals surface area (Å²) in [5.74, 6) is 0.656. The number of alkyl halides is 1. The van der Waals surface area contributed by atoms with E-state index < -0.39 is 0 Å². The number of hydrogen-bond acceptors (Lipinski definition) is 2. The van der Waals surface area contributed by atoms with E-state index in [0.717, 1.165) is 31.5 Å². The summed E-state index contributed by atoms with van der Waals surface area (Å²) in [6.07, 6.45) is 4.20. The van der Waals surface area contributed by atoms with Crippen molar-refractivity contribution in [2.24, 2.45) is 0 Å². The van der Waals surface area contributed by atoms with E-state index in [4.69, 9.17) is 11.6 Å². The Labute approximate surface area is 113 Å². The zero-order valence-corrected chi connectivity index (χ0v) is 11.5. The van der Waals surface area contributed by atoms with Crippen molar-refractivity contribution in [3.05, 3.63) is 29.6 Å². The molecule has 1 saturated heterocycles. The molecule has 0 radical (unpaired) electrons. The molecular formula is C14H19ClN2O. The van der Waals surface area contributed by atoms with Crippen molar-refractivity contribution in [3.63, 3.8) is 0 Å². The first-order valence-corrected chi connectivity index (χ1v) is 7.06. The number of aromatic nitrogens is 1. The number of aryl methyl sites for hydroxylation is 1. The van der Waals surface area contributed by atoms with Gasteiger partial charge in [-0.05, 0) is 44.7 Å². The van der Waals surface area contributed by atoms with Gasteiger partial charge in [-0.25, -0.2) is 4.98 Å². The quantitative estimate of drug-likeness (QED) is 0.788. The van der Waals surface area contributed by atoms with Crippen LogP contribution >= 0.6 is 11.6 Å². The summed E-state index contributed by atoms with van der Waals surface area (Å²) in [6, 6.07) is 5.87. The fourth-order valence-corrected chi connectivity index (χ4v) is 2.76. The Bertz CT molecular complexity index is 420. The largest absolute Gasteiger partial charge is 0.334 e. The van der Waals surface area contributed by atoms with E-state index in [9.17, 15) is 4.79 Å². The summed E-state index contributed by atoms with van der Waals surface area (Å²) in [6.45, 7) is 2.74. The molecule has 0 aliphatic carbocycles. The first-order valence-electron chi connectivity index (χ1n) is 6.53. The molecule has 1 aliphatic rings. The first kappa shape index (κ1) is 13.3. The highest BCUT2D eigenvalue weighted by Gasteiger charge is 2.27. The van der Waals surface area contributed by atoms with E-state index in [2.05, 4.69) is 4.98 Å². The molecule has 1 aromatic rings. The zero-order chi connectivity index (χ0) is 13.0. The molecule has 2 rings (SSSR count). The molecule has 0 saturated carbocycles. The minimum atomic E-state index is 0.0496. The van der Waals surface area contributed by atoms with Gasteiger partial charge in [-0.2, -0.15) is 0 Å². The lowest BCUT2D eigenvalue weighted by Crippen LogP contribution is -2.44. The van der Waals surface area contributed by atoms with Gasteiger partial charge in [-0.3, -0.25) is 4.79 Å². The fraction of sp³-hybridized carbons (Fsp3) is 0.571. The molecule has 3 nitrogen and oxygen atoms in total. The van der Waals surface area contributed by atoms with E-state index in [0.29, 0.717) is 11.6 Å². The Kier molecular flexibility index (Phi) is 4.59. The second-order valence-corrected chi connectivity index (χ2v) is 5.17. The monoisotopic (exact) mass is 266 g/mol. The van der Waals surface area contributed by atoms with Crippen LogP contribution < -0.4 is 0 Å². The number of amides is 1. The van der Waals surface area contributed by atoms with Gasteiger partial charge in [0.25, 0.3) is 5.91 Å². The fourth-order valence-electron chi connectivity index (χ4n) is 2.50. The number of nitrogens with zero attached hydrogens (tertiary/aromatic N) is 2. The number of likely N-dealkylation sites (tertiary alicyclic amines) is 1. The van der Waals surface area contributed by atoms with Crippen molar-refractivity contribution in [1.82, 2.24) is 9.88 Å². The maximum Gasteiger partial charge on any atom is 0.272 e. The van der Waals surface area contributed by atoms with Crippen molar-refractivity contribution in [1.29, 1.82) is 0 Å². The van der Waals surface area contributed by atoms with Crippen LogP contribution in [0, 0.1) is 6.92 Å². The number of rotatable bonds is 3. The average Bonchev–Trinajstić information content (AvgIpc) is 2.39. The normalized spacial score (nSPS) is 19.9. The van der Waals surface area contributed by atoms with Crippen LogP contribution in [-0.2, 0) is 0 Å². The highest BCUT2D eigenvalue weighted by atomic mass is 35.5. The molecule has 1 unspecified atom stereocenters. The molecule has 1 fully saturated rings. The second kappa shape index (κ2) is 6.19. The predicted octanol–water partition coefficient (Wildman–Crippen LogP) is 3.01. The van der Waals surface area contributed by atoms with Crippen LogP contribution in [0.3, 0.4) is 0 Å². The Balaban J connectivity index is 2.15. The van der Waals surface area contributed by atoms with Crippen molar-refractivity contribution in [2.75, 3.05) is 12.4 Å². The zero-order valence-electron chi connectivity index (χ0n) is 10.7. The molecule has 1 aliphatic heterocycles. The number of pyridine rings is 1. The number of carbonyl (C=O) groups is 1. The average molecular weight is 267 g/mol. The van der Waals surface area contributed by atoms with E-state index in [1.807, 2.05) is 24.0 Å². The molecular weight excluding hydrogens is 248 g/mol. The summed E-state index contributed by atoms with van der Waals surface area (Å²) in [5.41, 5.74) is 1.43. The van der Waals surface area contributed by atoms with E-state index >= 15 is 0 Å².